The van der Waals surface area contributed by atoms with E-state index in [4.69, 9.17) is 4.74 Å². The first-order valence-corrected chi connectivity index (χ1v) is 9.25. The summed E-state index contributed by atoms with van der Waals surface area (Å²) in [5, 5.41) is 2.87. The molecule has 0 bridgehead atoms. The zero-order valence-electron chi connectivity index (χ0n) is 15.9. The number of anilines is 1. The highest BCUT2D eigenvalue weighted by Gasteiger charge is 2.24. The number of carbonyl (C=O) groups is 2. The van der Waals surface area contributed by atoms with Crippen LogP contribution in [0.25, 0.3) is 11.1 Å². The lowest BCUT2D eigenvalue weighted by atomic mass is 10.0. The van der Waals surface area contributed by atoms with Crippen LogP contribution in [0.1, 0.15) is 16.1 Å². The molecule has 0 atom stereocenters. The van der Waals surface area contributed by atoms with Crippen LogP contribution in [0.2, 0.25) is 0 Å². The first-order chi connectivity index (χ1) is 14.0. The first kappa shape index (κ1) is 18.7. The van der Waals surface area contributed by atoms with Gasteiger partial charge >= 0.3 is 6.09 Å². The fraction of sp³-hybridized carbons (Fsp3) is 0.182. The van der Waals surface area contributed by atoms with Crippen molar-refractivity contribution in [2.75, 3.05) is 18.1 Å². The van der Waals surface area contributed by atoms with Crippen LogP contribution in [0.4, 0.5) is 14.9 Å². The minimum Gasteiger partial charge on any atom is -0.447 e. The number of nitrogens with zero attached hydrogens (tertiary/aromatic N) is 2. The van der Waals surface area contributed by atoms with Crippen molar-refractivity contribution >= 4 is 17.7 Å². The molecule has 29 heavy (non-hydrogen) atoms. The number of rotatable bonds is 5. The van der Waals surface area contributed by atoms with E-state index in [0.29, 0.717) is 36.6 Å². The van der Waals surface area contributed by atoms with E-state index in [9.17, 15) is 14.0 Å². The normalized spacial score (nSPS) is 13.4. The Morgan fingerprint density at radius 1 is 1.17 bits per heavy atom. The predicted molar refractivity (Wildman–Crippen MR) is 107 cm³/mol. The molecule has 3 aromatic rings. The molecule has 1 aromatic heterocycles. The Morgan fingerprint density at radius 3 is 2.59 bits per heavy atom. The summed E-state index contributed by atoms with van der Waals surface area (Å²) >= 11 is 0. The molecule has 0 aliphatic carbocycles. The Kier molecular flexibility index (Phi) is 5.03. The monoisotopic (exact) mass is 393 g/mol. The van der Waals surface area contributed by atoms with Crippen LogP contribution in [0.3, 0.4) is 0 Å². The maximum Gasteiger partial charge on any atom is 0.414 e. The minimum absolute atomic E-state index is 0.149. The Bertz CT molecular complexity index is 1060. The number of ether oxygens (including phenoxy) is 1. The summed E-state index contributed by atoms with van der Waals surface area (Å²) in [4.78, 5) is 25.2. The smallest absolute Gasteiger partial charge is 0.414 e. The van der Waals surface area contributed by atoms with E-state index in [0.717, 1.165) is 11.1 Å². The molecular formula is C22H20FN3O3. The summed E-state index contributed by atoms with van der Waals surface area (Å²) in [6.45, 7) is 1.11. The van der Waals surface area contributed by atoms with Crippen LogP contribution in [0.15, 0.2) is 60.8 Å². The van der Waals surface area contributed by atoms with Crippen molar-refractivity contribution in [2.45, 2.75) is 6.54 Å². The molecule has 2 aromatic carbocycles. The van der Waals surface area contributed by atoms with Crippen LogP contribution < -0.4 is 10.2 Å². The zero-order valence-corrected chi connectivity index (χ0v) is 15.9. The number of nitrogens with one attached hydrogen (secondary N) is 1. The van der Waals surface area contributed by atoms with E-state index in [1.807, 2.05) is 43.6 Å². The van der Waals surface area contributed by atoms with Gasteiger partial charge in [-0.05, 0) is 41.5 Å². The summed E-state index contributed by atoms with van der Waals surface area (Å²) < 4.78 is 21.3. The molecule has 1 fully saturated rings. The van der Waals surface area contributed by atoms with Gasteiger partial charge in [0.2, 0.25) is 0 Å². The summed E-state index contributed by atoms with van der Waals surface area (Å²) in [7, 11) is 1.82. The SMILES string of the molecule is Cn1cccc1C(=O)NCc1ccc(-c2ccc(N3CCOC3=O)cc2F)cc1. The quantitative estimate of drug-likeness (QED) is 0.719. The van der Waals surface area contributed by atoms with Crippen LogP contribution >= 0.6 is 0 Å². The van der Waals surface area contributed by atoms with Gasteiger partial charge in [-0.1, -0.05) is 24.3 Å². The van der Waals surface area contributed by atoms with E-state index in [1.54, 1.807) is 22.8 Å². The lowest BCUT2D eigenvalue weighted by Crippen LogP contribution is -2.24. The number of aryl methyl sites for hydroxylation is 1. The molecule has 2 amide bonds. The number of amides is 2. The average Bonchev–Trinajstić information content (AvgIpc) is 3.34. The Labute approximate surface area is 167 Å². The highest BCUT2D eigenvalue weighted by Crippen LogP contribution is 2.28. The van der Waals surface area contributed by atoms with Crippen LogP contribution in [0, 0.1) is 5.82 Å². The van der Waals surface area contributed by atoms with Crippen molar-refractivity contribution in [2.24, 2.45) is 7.05 Å². The lowest BCUT2D eigenvalue weighted by Gasteiger charge is -2.14. The van der Waals surface area contributed by atoms with Gasteiger partial charge < -0.3 is 14.6 Å². The second kappa shape index (κ2) is 7.79. The van der Waals surface area contributed by atoms with Gasteiger partial charge in [0.1, 0.15) is 18.1 Å². The van der Waals surface area contributed by atoms with Gasteiger partial charge in [-0.25, -0.2) is 9.18 Å². The maximum absolute atomic E-state index is 14.6. The number of hydrogen-bond donors (Lipinski definition) is 1. The second-order valence-corrected chi connectivity index (χ2v) is 6.81. The third-order valence-corrected chi connectivity index (χ3v) is 4.92. The number of aromatic nitrogens is 1. The van der Waals surface area contributed by atoms with Gasteiger partial charge in [0.05, 0.1) is 12.2 Å². The van der Waals surface area contributed by atoms with Crippen molar-refractivity contribution in [1.82, 2.24) is 9.88 Å². The number of hydrogen-bond acceptors (Lipinski definition) is 3. The molecule has 1 aliphatic heterocycles. The maximum atomic E-state index is 14.6. The molecule has 0 unspecified atom stereocenters. The predicted octanol–water partition coefficient (Wildman–Crippen LogP) is 3.72. The molecule has 148 valence electrons. The van der Waals surface area contributed by atoms with Gasteiger partial charge in [0.15, 0.2) is 0 Å². The molecule has 2 heterocycles. The van der Waals surface area contributed by atoms with Gasteiger partial charge in [0, 0.05) is 25.4 Å². The van der Waals surface area contributed by atoms with Crippen LogP contribution in [-0.4, -0.2) is 29.7 Å². The van der Waals surface area contributed by atoms with Gasteiger partial charge in [-0.2, -0.15) is 0 Å². The summed E-state index contributed by atoms with van der Waals surface area (Å²) in [6, 6.07) is 15.6. The Balaban J connectivity index is 1.44. The number of benzene rings is 2. The van der Waals surface area contributed by atoms with Crippen molar-refractivity contribution in [3.8, 4) is 11.1 Å². The van der Waals surface area contributed by atoms with Gasteiger partial charge in [-0.15, -0.1) is 0 Å². The number of carbonyl (C=O) groups excluding carboxylic acids is 2. The molecule has 0 radical (unpaired) electrons. The topological polar surface area (TPSA) is 63.6 Å². The van der Waals surface area contributed by atoms with Crippen molar-refractivity contribution in [3.05, 3.63) is 77.9 Å². The standard InChI is InChI=1S/C22H20FN3O3/c1-25-10-2-3-20(25)21(27)24-14-15-4-6-16(7-5-15)18-9-8-17(13-19(18)23)26-11-12-29-22(26)28/h2-10,13H,11-12,14H2,1H3,(H,24,27). The highest BCUT2D eigenvalue weighted by atomic mass is 19.1. The fourth-order valence-electron chi connectivity index (χ4n) is 3.31. The van der Waals surface area contributed by atoms with Crippen molar-refractivity contribution in [3.63, 3.8) is 0 Å². The summed E-state index contributed by atoms with van der Waals surface area (Å²) in [5.41, 5.74) is 3.14. The lowest BCUT2D eigenvalue weighted by molar-refractivity contribution is 0.0942. The van der Waals surface area contributed by atoms with E-state index in [-0.39, 0.29) is 5.91 Å². The molecule has 0 spiro atoms. The van der Waals surface area contributed by atoms with Gasteiger partial charge in [0.25, 0.3) is 5.91 Å². The molecule has 1 aliphatic rings. The summed E-state index contributed by atoms with van der Waals surface area (Å²) in [6.07, 6.45) is 1.36. The number of cyclic esters (lactones) is 1. The van der Waals surface area contributed by atoms with E-state index < -0.39 is 11.9 Å². The minimum atomic E-state index is -0.459. The van der Waals surface area contributed by atoms with Crippen molar-refractivity contribution < 1.29 is 18.7 Å². The van der Waals surface area contributed by atoms with Crippen LogP contribution in [0.5, 0.6) is 0 Å². The zero-order chi connectivity index (χ0) is 20.4. The van der Waals surface area contributed by atoms with E-state index >= 15 is 0 Å². The number of halogens is 1. The third kappa shape index (κ3) is 3.85. The molecular weight excluding hydrogens is 373 g/mol. The fourth-order valence-corrected chi connectivity index (χ4v) is 3.31. The van der Waals surface area contributed by atoms with Crippen LogP contribution in [-0.2, 0) is 18.3 Å². The van der Waals surface area contributed by atoms with Crippen molar-refractivity contribution in [1.29, 1.82) is 0 Å². The molecule has 4 rings (SSSR count). The Hall–Kier alpha value is -3.61. The van der Waals surface area contributed by atoms with E-state index in [1.165, 1.54) is 11.0 Å². The molecule has 1 N–H and O–H groups in total. The molecule has 1 saturated heterocycles. The molecule has 0 saturated carbocycles. The van der Waals surface area contributed by atoms with Gasteiger partial charge in [-0.3, -0.25) is 9.69 Å². The largest absolute Gasteiger partial charge is 0.447 e. The first-order valence-electron chi connectivity index (χ1n) is 9.25. The average molecular weight is 393 g/mol. The van der Waals surface area contributed by atoms with E-state index in [2.05, 4.69) is 5.32 Å². The molecule has 6 nitrogen and oxygen atoms in total. The second-order valence-electron chi connectivity index (χ2n) is 6.81. The highest BCUT2D eigenvalue weighted by molar-refractivity contribution is 5.92. The third-order valence-electron chi connectivity index (χ3n) is 4.92. The Morgan fingerprint density at radius 2 is 1.97 bits per heavy atom. The molecule has 7 heteroatoms. The summed E-state index contributed by atoms with van der Waals surface area (Å²) in [5.74, 6) is -0.560.